The molecule has 0 aromatic heterocycles. The fraction of sp³-hybridized carbons (Fsp3) is 0.364. The van der Waals surface area contributed by atoms with Crippen LogP contribution in [0.3, 0.4) is 0 Å². The van der Waals surface area contributed by atoms with E-state index in [1.54, 1.807) is 13.8 Å². The van der Waals surface area contributed by atoms with Crippen LogP contribution in [0.4, 0.5) is 11.4 Å². The quantitative estimate of drug-likeness (QED) is 0.627. The molecule has 6 nitrogen and oxygen atoms in total. The molecule has 0 aliphatic heterocycles. The van der Waals surface area contributed by atoms with E-state index in [9.17, 15) is 14.9 Å². The Morgan fingerprint density at radius 1 is 1.53 bits per heavy atom. The number of nitrogens with zero attached hydrogens (tertiary/aromatic N) is 1. The first kappa shape index (κ1) is 13.1. The molecule has 17 heavy (non-hydrogen) atoms. The number of amides is 1. The van der Waals surface area contributed by atoms with Gasteiger partial charge in [0.25, 0.3) is 5.69 Å². The van der Waals surface area contributed by atoms with Gasteiger partial charge < -0.3 is 10.1 Å². The molecule has 0 unspecified atom stereocenters. The van der Waals surface area contributed by atoms with Gasteiger partial charge in [0.05, 0.1) is 4.92 Å². The number of carbonyl (C=O) groups is 1. The Bertz CT molecular complexity index is 431. The molecule has 1 rings (SSSR count). The molecule has 0 heterocycles. The van der Waals surface area contributed by atoms with Crippen LogP contribution in [0, 0.1) is 17.0 Å². The minimum absolute atomic E-state index is 0.00491. The average Bonchev–Trinajstić information content (AvgIpc) is 2.28. The lowest BCUT2D eigenvalue weighted by Gasteiger charge is -2.07. The monoisotopic (exact) mass is 238 g/mol. The first-order chi connectivity index (χ1) is 8.04. The van der Waals surface area contributed by atoms with Crippen LogP contribution in [0.5, 0.6) is 0 Å². The number of aryl methyl sites for hydroxylation is 1. The summed E-state index contributed by atoms with van der Waals surface area (Å²) in [4.78, 5) is 21.4. The van der Waals surface area contributed by atoms with Gasteiger partial charge >= 0.3 is 0 Å². The van der Waals surface area contributed by atoms with E-state index in [0.717, 1.165) is 0 Å². The van der Waals surface area contributed by atoms with E-state index < -0.39 is 4.92 Å². The molecule has 1 amide bonds. The molecule has 0 atom stereocenters. The number of anilines is 1. The van der Waals surface area contributed by atoms with Crippen molar-refractivity contribution >= 4 is 17.3 Å². The van der Waals surface area contributed by atoms with Crippen LogP contribution < -0.4 is 5.32 Å². The highest BCUT2D eigenvalue weighted by Crippen LogP contribution is 2.20. The Morgan fingerprint density at radius 2 is 2.24 bits per heavy atom. The fourth-order valence-electron chi connectivity index (χ4n) is 1.28. The molecule has 0 bridgehead atoms. The summed E-state index contributed by atoms with van der Waals surface area (Å²) >= 11 is 0. The van der Waals surface area contributed by atoms with Gasteiger partial charge in [-0.05, 0) is 25.5 Å². The lowest BCUT2D eigenvalue weighted by atomic mass is 10.2. The number of benzene rings is 1. The minimum atomic E-state index is -0.473. The number of carbonyl (C=O) groups excluding carboxylic acids is 1. The topological polar surface area (TPSA) is 81.5 Å². The van der Waals surface area contributed by atoms with Gasteiger partial charge in [-0.3, -0.25) is 14.9 Å². The van der Waals surface area contributed by atoms with Crippen molar-refractivity contribution in [2.24, 2.45) is 0 Å². The number of nitrogens with one attached hydrogen (secondary N) is 1. The maximum atomic E-state index is 11.4. The van der Waals surface area contributed by atoms with Gasteiger partial charge in [0.2, 0.25) is 5.91 Å². The second kappa shape index (κ2) is 5.95. The Kier molecular flexibility index (Phi) is 4.59. The normalized spacial score (nSPS) is 10.0. The summed E-state index contributed by atoms with van der Waals surface area (Å²) in [5.74, 6) is -0.274. The smallest absolute Gasteiger partial charge is 0.269 e. The van der Waals surface area contributed by atoms with Crippen molar-refractivity contribution in [3.63, 3.8) is 0 Å². The zero-order chi connectivity index (χ0) is 12.8. The van der Waals surface area contributed by atoms with E-state index in [2.05, 4.69) is 5.32 Å². The lowest BCUT2D eigenvalue weighted by molar-refractivity contribution is -0.384. The largest absolute Gasteiger partial charge is 0.372 e. The molecule has 92 valence electrons. The predicted octanol–water partition coefficient (Wildman–Crippen LogP) is 1.88. The summed E-state index contributed by atoms with van der Waals surface area (Å²) in [6.45, 7) is 3.94. The maximum Gasteiger partial charge on any atom is 0.269 e. The van der Waals surface area contributed by atoms with E-state index in [1.807, 2.05) is 0 Å². The molecule has 0 radical (unpaired) electrons. The number of hydrogen-bond acceptors (Lipinski definition) is 4. The summed E-state index contributed by atoms with van der Waals surface area (Å²) in [5.41, 5.74) is 1.20. The first-order valence-electron chi connectivity index (χ1n) is 5.17. The van der Waals surface area contributed by atoms with Crippen LogP contribution >= 0.6 is 0 Å². The molecule has 0 fully saturated rings. The predicted molar refractivity (Wildman–Crippen MR) is 63.0 cm³/mol. The highest BCUT2D eigenvalue weighted by atomic mass is 16.6. The number of nitro groups is 1. The number of rotatable bonds is 5. The molecule has 1 N–H and O–H groups in total. The van der Waals surface area contributed by atoms with Crippen LogP contribution in [-0.2, 0) is 9.53 Å². The highest BCUT2D eigenvalue weighted by Gasteiger charge is 2.09. The zero-order valence-electron chi connectivity index (χ0n) is 9.73. The molecule has 0 saturated carbocycles. The van der Waals surface area contributed by atoms with Crippen molar-refractivity contribution in [2.45, 2.75) is 13.8 Å². The summed E-state index contributed by atoms with van der Waals surface area (Å²) in [5, 5.41) is 13.2. The van der Waals surface area contributed by atoms with Crippen molar-refractivity contribution in [1.82, 2.24) is 0 Å². The van der Waals surface area contributed by atoms with E-state index in [0.29, 0.717) is 17.9 Å². The van der Waals surface area contributed by atoms with Crippen LogP contribution in [0.2, 0.25) is 0 Å². The number of ether oxygens (including phenoxy) is 1. The molecule has 1 aromatic carbocycles. The third-order valence-electron chi connectivity index (χ3n) is 2.13. The van der Waals surface area contributed by atoms with E-state index in [1.165, 1.54) is 18.2 Å². The fourth-order valence-corrected chi connectivity index (χ4v) is 1.28. The van der Waals surface area contributed by atoms with Gasteiger partial charge in [0.1, 0.15) is 6.61 Å². The van der Waals surface area contributed by atoms with E-state index >= 15 is 0 Å². The van der Waals surface area contributed by atoms with Crippen molar-refractivity contribution < 1.29 is 14.5 Å². The van der Waals surface area contributed by atoms with Gasteiger partial charge in [0.15, 0.2) is 0 Å². The van der Waals surface area contributed by atoms with Crippen molar-refractivity contribution in [3.05, 3.63) is 33.9 Å². The Balaban J connectivity index is 2.72. The van der Waals surface area contributed by atoms with E-state index in [-0.39, 0.29) is 18.2 Å². The zero-order valence-corrected chi connectivity index (χ0v) is 9.73. The molecule has 0 spiro atoms. The van der Waals surface area contributed by atoms with Crippen LogP contribution in [0.25, 0.3) is 0 Å². The van der Waals surface area contributed by atoms with Gasteiger partial charge in [-0.1, -0.05) is 0 Å². The third kappa shape index (κ3) is 3.84. The molecule has 0 saturated heterocycles. The van der Waals surface area contributed by atoms with Gasteiger partial charge in [-0.25, -0.2) is 0 Å². The molecule has 0 aliphatic carbocycles. The summed E-state index contributed by atoms with van der Waals surface area (Å²) in [7, 11) is 0. The first-order valence-corrected chi connectivity index (χ1v) is 5.17. The summed E-state index contributed by atoms with van der Waals surface area (Å²) in [6.07, 6.45) is 0. The minimum Gasteiger partial charge on any atom is -0.372 e. The lowest BCUT2D eigenvalue weighted by Crippen LogP contribution is -2.18. The Morgan fingerprint density at radius 3 is 2.76 bits per heavy atom. The van der Waals surface area contributed by atoms with Crippen molar-refractivity contribution in [2.75, 3.05) is 18.5 Å². The van der Waals surface area contributed by atoms with Crippen LogP contribution in [0.15, 0.2) is 18.2 Å². The number of non-ortho nitro benzene ring substituents is 1. The van der Waals surface area contributed by atoms with Crippen LogP contribution in [-0.4, -0.2) is 24.0 Å². The molecule has 1 aromatic rings. The molecule has 6 heteroatoms. The highest BCUT2D eigenvalue weighted by molar-refractivity contribution is 5.92. The Hall–Kier alpha value is -1.95. The van der Waals surface area contributed by atoms with E-state index in [4.69, 9.17) is 4.74 Å². The van der Waals surface area contributed by atoms with Crippen molar-refractivity contribution in [3.8, 4) is 0 Å². The van der Waals surface area contributed by atoms with Gasteiger partial charge in [-0.15, -0.1) is 0 Å². The van der Waals surface area contributed by atoms with Crippen molar-refractivity contribution in [1.29, 1.82) is 0 Å². The van der Waals surface area contributed by atoms with Gasteiger partial charge in [-0.2, -0.15) is 0 Å². The third-order valence-corrected chi connectivity index (χ3v) is 2.13. The molecule has 0 aliphatic rings. The number of hydrogen-bond donors (Lipinski definition) is 1. The summed E-state index contributed by atoms with van der Waals surface area (Å²) in [6, 6.07) is 4.27. The second-order valence-electron chi connectivity index (χ2n) is 3.44. The summed E-state index contributed by atoms with van der Waals surface area (Å²) < 4.78 is 4.95. The van der Waals surface area contributed by atoms with Crippen LogP contribution in [0.1, 0.15) is 12.5 Å². The molecular weight excluding hydrogens is 224 g/mol. The van der Waals surface area contributed by atoms with Gasteiger partial charge in [0, 0.05) is 24.4 Å². The standard InChI is InChI=1S/C11H14N2O4/c1-3-17-7-11(14)12-10-5-4-9(13(15)16)6-8(10)2/h4-6H,3,7H2,1-2H3,(H,12,14). The number of nitro benzene ring substituents is 1. The molecular formula is C11H14N2O4. The Labute approximate surface area is 98.7 Å². The average molecular weight is 238 g/mol. The SMILES string of the molecule is CCOCC(=O)Nc1ccc([N+](=O)[O-])cc1C. The second-order valence-corrected chi connectivity index (χ2v) is 3.44. The maximum absolute atomic E-state index is 11.4.